The summed E-state index contributed by atoms with van der Waals surface area (Å²) < 4.78 is 0. The quantitative estimate of drug-likeness (QED) is 0.699. The van der Waals surface area contributed by atoms with Crippen LogP contribution in [0.25, 0.3) is 11.0 Å². The maximum atomic E-state index is 13.1. The lowest BCUT2D eigenvalue weighted by Gasteiger charge is -2.29. The van der Waals surface area contributed by atoms with Crippen molar-refractivity contribution in [2.45, 2.75) is 39.0 Å². The van der Waals surface area contributed by atoms with Gasteiger partial charge in [0.1, 0.15) is 5.69 Å². The van der Waals surface area contributed by atoms with Crippen LogP contribution in [0.1, 0.15) is 42.0 Å². The minimum Gasteiger partial charge on any atom is -0.355 e. The number of piperidine rings is 1. The van der Waals surface area contributed by atoms with E-state index < -0.39 is 5.92 Å². The lowest BCUT2D eigenvalue weighted by Crippen LogP contribution is -2.33. The second-order valence-corrected chi connectivity index (χ2v) is 7.90. The average molecular weight is 399 g/mol. The zero-order valence-electron chi connectivity index (χ0n) is 17.4. The Balaban J connectivity index is 1.74. The van der Waals surface area contributed by atoms with Crippen LogP contribution in [0.3, 0.4) is 0 Å². The van der Waals surface area contributed by atoms with Gasteiger partial charge in [-0.1, -0.05) is 18.2 Å². The molecule has 1 amide bonds. The summed E-state index contributed by atoms with van der Waals surface area (Å²) in [6.07, 6.45) is 3.32. The summed E-state index contributed by atoms with van der Waals surface area (Å²) in [5.74, 6) is -0.777. The topological polar surface area (TPSA) is 81.9 Å². The Kier molecular flexibility index (Phi) is 5.62. The maximum absolute atomic E-state index is 13.1. The van der Waals surface area contributed by atoms with E-state index >= 15 is 0 Å². The fourth-order valence-electron chi connectivity index (χ4n) is 4.04. The van der Waals surface area contributed by atoms with Gasteiger partial charge in [-0.25, -0.2) is 9.97 Å². The molecule has 0 radical (unpaired) electrons. The van der Waals surface area contributed by atoms with Crippen molar-refractivity contribution in [3.63, 3.8) is 0 Å². The van der Waals surface area contributed by atoms with E-state index in [4.69, 9.17) is 9.97 Å². The van der Waals surface area contributed by atoms with E-state index in [9.17, 15) is 10.1 Å². The smallest absolute Gasteiger partial charge is 0.248 e. The predicted octanol–water partition coefficient (Wildman–Crippen LogP) is 4.48. The van der Waals surface area contributed by atoms with E-state index in [2.05, 4.69) is 16.3 Å². The second kappa shape index (κ2) is 8.50. The summed E-state index contributed by atoms with van der Waals surface area (Å²) in [6, 6.07) is 15.6. The first kappa shape index (κ1) is 19.8. The molecule has 0 spiro atoms. The van der Waals surface area contributed by atoms with E-state index in [1.807, 2.05) is 56.3 Å². The van der Waals surface area contributed by atoms with Gasteiger partial charge in [0.15, 0.2) is 11.7 Å². The summed E-state index contributed by atoms with van der Waals surface area (Å²) in [4.78, 5) is 24.8. The highest BCUT2D eigenvalue weighted by Crippen LogP contribution is 2.30. The molecule has 0 saturated carbocycles. The number of fused-ring (bicyclic) bond motifs is 1. The third-order valence-electron chi connectivity index (χ3n) is 5.39. The summed E-state index contributed by atoms with van der Waals surface area (Å²) in [6.45, 7) is 5.68. The highest BCUT2D eigenvalue weighted by atomic mass is 16.1. The number of nitrogens with one attached hydrogen (secondary N) is 1. The van der Waals surface area contributed by atoms with E-state index in [1.165, 1.54) is 6.42 Å². The predicted molar refractivity (Wildman–Crippen MR) is 119 cm³/mol. The lowest BCUT2D eigenvalue weighted by molar-refractivity contribution is -0.116. The van der Waals surface area contributed by atoms with Crippen LogP contribution in [-0.2, 0) is 4.79 Å². The van der Waals surface area contributed by atoms with Crippen molar-refractivity contribution in [1.82, 2.24) is 9.97 Å². The summed E-state index contributed by atoms with van der Waals surface area (Å²) in [5, 5.41) is 12.8. The highest BCUT2D eigenvalue weighted by molar-refractivity contribution is 5.98. The van der Waals surface area contributed by atoms with E-state index in [0.29, 0.717) is 22.7 Å². The number of benzene rings is 2. The number of amides is 1. The molecule has 2 aromatic carbocycles. The number of rotatable bonds is 4. The van der Waals surface area contributed by atoms with Crippen LogP contribution in [0.4, 0.5) is 11.5 Å². The van der Waals surface area contributed by atoms with Gasteiger partial charge >= 0.3 is 0 Å². The molecule has 6 heteroatoms. The van der Waals surface area contributed by atoms with Crippen molar-refractivity contribution >= 4 is 28.4 Å². The number of aryl methyl sites for hydroxylation is 2. The standard InChI is InChI=1S/C24H25N5O/c1-16-12-17(2)14-18(13-16)26-24(30)19(15-25)22-23(29-10-6-3-7-11-29)28-21-9-5-4-8-20(21)27-22/h4-5,8-9,12-14,19H,3,6-7,10-11H2,1-2H3,(H,26,30)/t19-/m0/s1. The molecule has 1 saturated heterocycles. The van der Waals surface area contributed by atoms with Crippen LogP contribution in [0.2, 0.25) is 0 Å². The maximum Gasteiger partial charge on any atom is 0.248 e. The minimum atomic E-state index is -1.04. The number of carbonyl (C=O) groups is 1. The van der Waals surface area contributed by atoms with Gasteiger partial charge in [0.05, 0.1) is 17.1 Å². The summed E-state index contributed by atoms with van der Waals surface area (Å²) >= 11 is 0. The van der Waals surface area contributed by atoms with Crippen molar-refractivity contribution in [2.24, 2.45) is 0 Å². The Bertz CT molecular complexity index is 1110. The molecule has 0 aliphatic carbocycles. The van der Waals surface area contributed by atoms with Gasteiger partial charge < -0.3 is 10.2 Å². The number of aromatic nitrogens is 2. The van der Waals surface area contributed by atoms with Crippen LogP contribution in [-0.4, -0.2) is 29.0 Å². The Morgan fingerprint density at radius 3 is 2.30 bits per heavy atom. The number of hydrogen-bond acceptors (Lipinski definition) is 5. The van der Waals surface area contributed by atoms with E-state index in [-0.39, 0.29) is 5.91 Å². The molecule has 6 nitrogen and oxygen atoms in total. The molecule has 0 bridgehead atoms. The minimum absolute atomic E-state index is 0.384. The van der Waals surface area contributed by atoms with Gasteiger partial charge in [0, 0.05) is 18.8 Å². The number of nitriles is 1. The number of hydrogen-bond donors (Lipinski definition) is 1. The van der Waals surface area contributed by atoms with Crippen molar-refractivity contribution in [3.05, 3.63) is 59.3 Å². The average Bonchev–Trinajstić information content (AvgIpc) is 2.73. The first-order valence-electron chi connectivity index (χ1n) is 10.4. The molecule has 2 heterocycles. The Labute approximate surface area is 176 Å². The van der Waals surface area contributed by atoms with Crippen molar-refractivity contribution < 1.29 is 4.79 Å². The van der Waals surface area contributed by atoms with Crippen molar-refractivity contribution in [3.8, 4) is 6.07 Å². The number of carbonyl (C=O) groups excluding carboxylic acids is 1. The van der Waals surface area contributed by atoms with Crippen LogP contribution in [0, 0.1) is 25.2 Å². The third-order valence-corrected chi connectivity index (χ3v) is 5.39. The van der Waals surface area contributed by atoms with E-state index in [1.54, 1.807) is 0 Å². The zero-order valence-corrected chi connectivity index (χ0v) is 17.4. The normalized spacial score (nSPS) is 14.9. The molecule has 0 unspecified atom stereocenters. The van der Waals surface area contributed by atoms with Crippen LogP contribution in [0.5, 0.6) is 0 Å². The largest absolute Gasteiger partial charge is 0.355 e. The van der Waals surface area contributed by atoms with Gasteiger partial charge in [0.2, 0.25) is 5.91 Å². The molecule has 1 atom stereocenters. The van der Waals surface area contributed by atoms with E-state index in [0.717, 1.165) is 42.6 Å². The number of para-hydroxylation sites is 2. The Hall–Kier alpha value is -3.46. The van der Waals surface area contributed by atoms with Crippen LogP contribution >= 0.6 is 0 Å². The number of nitrogens with zero attached hydrogens (tertiary/aromatic N) is 4. The van der Waals surface area contributed by atoms with Gasteiger partial charge in [0.25, 0.3) is 0 Å². The van der Waals surface area contributed by atoms with Crippen molar-refractivity contribution in [1.29, 1.82) is 5.26 Å². The zero-order chi connectivity index (χ0) is 21.1. The van der Waals surface area contributed by atoms with Crippen LogP contribution in [0.15, 0.2) is 42.5 Å². The first-order chi connectivity index (χ1) is 14.5. The SMILES string of the molecule is Cc1cc(C)cc(NC(=O)[C@@H](C#N)c2nc3ccccc3nc2N2CCCCC2)c1. The lowest BCUT2D eigenvalue weighted by atomic mass is 10.0. The fourth-order valence-corrected chi connectivity index (χ4v) is 4.04. The van der Waals surface area contributed by atoms with Gasteiger partial charge in [-0.2, -0.15) is 5.26 Å². The molecule has 3 aromatic rings. The fraction of sp³-hybridized carbons (Fsp3) is 0.333. The first-order valence-corrected chi connectivity index (χ1v) is 10.4. The molecule has 30 heavy (non-hydrogen) atoms. The summed E-state index contributed by atoms with van der Waals surface area (Å²) in [5.41, 5.74) is 4.68. The molecule has 152 valence electrons. The molecule has 1 aromatic heterocycles. The second-order valence-electron chi connectivity index (χ2n) is 7.90. The molecule has 1 fully saturated rings. The summed E-state index contributed by atoms with van der Waals surface area (Å²) in [7, 11) is 0. The Morgan fingerprint density at radius 2 is 1.67 bits per heavy atom. The van der Waals surface area contributed by atoms with Gasteiger partial charge in [-0.15, -0.1) is 0 Å². The molecule has 1 aliphatic heterocycles. The highest BCUT2D eigenvalue weighted by Gasteiger charge is 2.29. The van der Waals surface area contributed by atoms with Gasteiger partial charge in [-0.3, -0.25) is 4.79 Å². The Morgan fingerprint density at radius 1 is 1.03 bits per heavy atom. The van der Waals surface area contributed by atoms with Crippen LogP contribution < -0.4 is 10.2 Å². The third kappa shape index (κ3) is 4.11. The number of anilines is 2. The molecular formula is C24H25N5O. The molecular weight excluding hydrogens is 374 g/mol. The monoisotopic (exact) mass is 399 g/mol. The molecule has 1 aliphatic rings. The molecule has 4 rings (SSSR count). The van der Waals surface area contributed by atoms with Gasteiger partial charge in [-0.05, 0) is 68.5 Å². The molecule has 1 N–H and O–H groups in total. The van der Waals surface area contributed by atoms with Crippen molar-refractivity contribution in [2.75, 3.05) is 23.3 Å².